The van der Waals surface area contributed by atoms with Crippen LogP contribution in [0.3, 0.4) is 0 Å². The number of hydrogen-bond donors (Lipinski definition) is 0. The van der Waals surface area contributed by atoms with Gasteiger partial charge in [0.15, 0.2) is 0 Å². The monoisotopic (exact) mass is 204 g/mol. The summed E-state index contributed by atoms with van der Waals surface area (Å²) in [5.74, 6) is 0.749. The van der Waals surface area contributed by atoms with E-state index in [9.17, 15) is 0 Å². The van der Waals surface area contributed by atoms with Crippen LogP contribution < -0.4 is 0 Å². The van der Waals surface area contributed by atoms with Crippen molar-refractivity contribution in [2.24, 2.45) is 5.92 Å². The van der Waals surface area contributed by atoms with Gasteiger partial charge in [0, 0.05) is 0 Å². The Morgan fingerprint density at radius 3 is 2.80 bits per heavy atom. The van der Waals surface area contributed by atoms with Gasteiger partial charge >= 0.3 is 0 Å². The summed E-state index contributed by atoms with van der Waals surface area (Å²) in [6.45, 7) is 10.8. The van der Waals surface area contributed by atoms with Crippen LogP contribution >= 0.6 is 0 Å². The highest BCUT2D eigenvalue weighted by Crippen LogP contribution is 2.30. The molecule has 0 aromatic rings. The maximum atomic E-state index is 4.24. The van der Waals surface area contributed by atoms with Gasteiger partial charge in [0.25, 0.3) is 0 Å². The minimum atomic E-state index is 0.749. The fourth-order valence-electron chi connectivity index (χ4n) is 2.09. The molecule has 0 nitrogen and oxygen atoms in total. The fraction of sp³-hybridized carbons (Fsp3) is 0.600. The van der Waals surface area contributed by atoms with Crippen LogP contribution in [-0.4, -0.2) is 0 Å². The molecule has 0 bridgehead atoms. The quantitative estimate of drug-likeness (QED) is 0.563. The first-order valence-electron chi connectivity index (χ1n) is 6.06. The van der Waals surface area contributed by atoms with Crippen molar-refractivity contribution in [3.63, 3.8) is 0 Å². The highest BCUT2D eigenvalue weighted by Gasteiger charge is 2.14. The normalized spacial score (nSPS) is 20.7. The van der Waals surface area contributed by atoms with Crippen LogP contribution in [0.5, 0.6) is 0 Å². The summed E-state index contributed by atoms with van der Waals surface area (Å²) in [7, 11) is 0. The zero-order chi connectivity index (χ0) is 11.3. The van der Waals surface area contributed by atoms with Crippen LogP contribution in [0.1, 0.15) is 52.9 Å². The molecule has 1 aliphatic carbocycles. The van der Waals surface area contributed by atoms with E-state index in [0.717, 1.165) is 5.92 Å². The lowest BCUT2D eigenvalue weighted by atomic mass is 9.84. The summed E-state index contributed by atoms with van der Waals surface area (Å²) in [4.78, 5) is 0. The summed E-state index contributed by atoms with van der Waals surface area (Å²) in [6, 6.07) is 0. The standard InChI is InChI=1S/C15H24/c1-12(2)6-5-7-14(4)15-10-8-13(3)9-11-15/h6,8,15H,4-5,7,9-11H2,1-3H3/t15-/m1/s1. The van der Waals surface area contributed by atoms with Gasteiger partial charge < -0.3 is 0 Å². The molecule has 15 heavy (non-hydrogen) atoms. The van der Waals surface area contributed by atoms with E-state index in [2.05, 4.69) is 39.5 Å². The molecule has 0 aromatic heterocycles. The second-order valence-corrected chi connectivity index (χ2v) is 5.00. The Bertz CT molecular complexity index is 274. The average Bonchev–Trinajstić information content (AvgIpc) is 2.18. The lowest BCUT2D eigenvalue weighted by Gasteiger charge is -2.22. The van der Waals surface area contributed by atoms with Gasteiger partial charge in [-0.25, -0.2) is 0 Å². The highest BCUT2D eigenvalue weighted by atomic mass is 14.2. The van der Waals surface area contributed by atoms with E-state index in [1.807, 2.05) is 0 Å². The lowest BCUT2D eigenvalue weighted by molar-refractivity contribution is 0.524. The Labute approximate surface area is 94.8 Å². The molecule has 0 aromatic carbocycles. The Balaban J connectivity index is 2.32. The van der Waals surface area contributed by atoms with Gasteiger partial charge in [0.2, 0.25) is 0 Å². The van der Waals surface area contributed by atoms with E-state index in [4.69, 9.17) is 0 Å². The van der Waals surface area contributed by atoms with Crippen LogP contribution in [0.4, 0.5) is 0 Å². The Kier molecular flexibility index (Phi) is 4.87. The molecule has 1 atom stereocenters. The molecule has 1 aliphatic rings. The summed E-state index contributed by atoms with van der Waals surface area (Å²) in [5.41, 5.74) is 4.43. The molecular formula is C15H24. The van der Waals surface area contributed by atoms with Crippen LogP contribution in [0.2, 0.25) is 0 Å². The van der Waals surface area contributed by atoms with Crippen molar-refractivity contribution in [2.45, 2.75) is 52.9 Å². The molecule has 0 radical (unpaired) electrons. The minimum absolute atomic E-state index is 0.749. The predicted octanol–water partition coefficient (Wildman–Crippen LogP) is 5.04. The van der Waals surface area contributed by atoms with E-state index in [1.165, 1.54) is 43.3 Å². The van der Waals surface area contributed by atoms with Gasteiger partial charge in [-0.15, -0.1) is 0 Å². The Morgan fingerprint density at radius 1 is 1.53 bits per heavy atom. The third kappa shape index (κ3) is 4.51. The first kappa shape index (κ1) is 12.3. The van der Waals surface area contributed by atoms with Crippen molar-refractivity contribution < 1.29 is 0 Å². The van der Waals surface area contributed by atoms with Crippen molar-refractivity contribution >= 4 is 0 Å². The topological polar surface area (TPSA) is 0 Å². The SMILES string of the molecule is C=C(CCC=C(C)C)[C@@H]1CC=C(C)CC1. The molecule has 0 amide bonds. The number of rotatable bonds is 4. The Morgan fingerprint density at radius 2 is 2.27 bits per heavy atom. The van der Waals surface area contributed by atoms with Gasteiger partial charge in [0.1, 0.15) is 0 Å². The van der Waals surface area contributed by atoms with Crippen LogP contribution in [0, 0.1) is 5.92 Å². The number of hydrogen-bond acceptors (Lipinski definition) is 0. The molecule has 0 saturated heterocycles. The molecular weight excluding hydrogens is 180 g/mol. The third-order valence-corrected chi connectivity index (χ3v) is 3.23. The molecule has 0 saturated carbocycles. The van der Waals surface area contributed by atoms with Gasteiger partial charge in [-0.1, -0.05) is 35.5 Å². The maximum Gasteiger partial charge on any atom is -0.0168 e. The molecule has 0 fully saturated rings. The van der Waals surface area contributed by atoms with Gasteiger partial charge in [-0.05, 0) is 58.8 Å². The van der Waals surface area contributed by atoms with Crippen molar-refractivity contribution in [1.82, 2.24) is 0 Å². The van der Waals surface area contributed by atoms with Crippen molar-refractivity contribution in [3.05, 3.63) is 35.5 Å². The largest absolute Gasteiger partial charge is 0.0996 e. The molecule has 84 valence electrons. The van der Waals surface area contributed by atoms with Crippen LogP contribution in [0.25, 0.3) is 0 Å². The molecule has 0 N–H and O–H groups in total. The van der Waals surface area contributed by atoms with E-state index < -0.39 is 0 Å². The van der Waals surface area contributed by atoms with E-state index in [-0.39, 0.29) is 0 Å². The first-order valence-corrected chi connectivity index (χ1v) is 6.06. The molecule has 1 rings (SSSR count). The summed E-state index contributed by atoms with van der Waals surface area (Å²) in [5, 5.41) is 0. The average molecular weight is 204 g/mol. The van der Waals surface area contributed by atoms with E-state index in [0.29, 0.717) is 0 Å². The third-order valence-electron chi connectivity index (χ3n) is 3.23. The van der Waals surface area contributed by atoms with Crippen LogP contribution in [0.15, 0.2) is 35.5 Å². The molecule has 0 heterocycles. The molecule has 0 heteroatoms. The summed E-state index contributed by atoms with van der Waals surface area (Å²) < 4.78 is 0. The molecule has 0 unspecified atom stereocenters. The zero-order valence-electron chi connectivity index (χ0n) is 10.5. The number of allylic oxidation sites excluding steroid dienone is 5. The van der Waals surface area contributed by atoms with Crippen LogP contribution in [-0.2, 0) is 0 Å². The molecule has 0 spiro atoms. The maximum absolute atomic E-state index is 4.24. The van der Waals surface area contributed by atoms with Gasteiger partial charge in [-0.2, -0.15) is 0 Å². The second-order valence-electron chi connectivity index (χ2n) is 5.00. The van der Waals surface area contributed by atoms with Crippen molar-refractivity contribution in [3.8, 4) is 0 Å². The smallest absolute Gasteiger partial charge is 0.0168 e. The van der Waals surface area contributed by atoms with Crippen molar-refractivity contribution in [2.75, 3.05) is 0 Å². The Hall–Kier alpha value is -0.780. The van der Waals surface area contributed by atoms with E-state index >= 15 is 0 Å². The molecule has 0 aliphatic heterocycles. The summed E-state index contributed by atoms with van der Waals surface area (Å²) >= 11 is 0. The second kappa shape index (κ2) is 5.95. The van der Waals surface area contributed by atoms with Gasteiger partial charge in [0.05, 0.1) is 0 Å². The lowest BCUT2D eigenvalue weighted by Crippen LogP contribution is -2.07. The zero-order valence-corrected chi connectivity index (χ0v) is 10.5. The summed E-state index contributed by atoms with van der Waals surface area (Å²) in [6.07, 6.45) is 10.8. The minimum Gasteiger partial charge on any atom is -0.0996 e. The predicted molar refractivity (Wildman–Crippen MR) is 68.9 cm³/mol. The first-order chi connectivity index (χ1) is 7.09. The van der Waals surface area contributed by atoms with Gasteiger partial charge in [-0.3, -0.25) is 0 Å². The fourth-order valence-corrected chi connectivity index (χ4v) is 2.09. The van der Waals surface area contributed by atoms with Crippen molar-refractivity contribution in [1.29, 1.82) is 0 Å². The highest BCUT2D eigenvalue weighted by molar-refractivity contribution is 5.12. The van der Waals surface area contributed by atoms with E-state index in [1.54, 1.807) is 5.57 Å².